The van der Waals surface area contributed by atoms with E-state index in [0.29, 0.717) is 32.1 Å². The highest BCUT2D eigenvalue weighted by molar-refractivity contribution is 5.83. The Kier molecular flexibility index (Phi) is 5.12. The van der Waals surface area contributed by atoms with E-state index in [1.54, 1.807) is 4.90 Å². The lowest BCUT2D eigenvalue weighted by atomic mass is 9.81. The molecule has 2 aliphatic rings. The van der Waals surface area contributed by atoms with Crippen LogP contribution in [0, 0.1) is 11.3 Å². The Morgan fingerprint density at radius 3 is 2.54 bits per heavy atom. The van der Waals surface area contributed by atoms with E-state index in [0.717, 1.165) is 37.9 Å². The van der Waals surface area contributed by atoms with Crippen molar-refractivity contribution >= 4 is 11.9 Å². The van der Waals surface area contributed by atoms with Crippen LogP contribution in [0.15, 0.2) is 12.3 Å². The Morgan fingerprint density at radius 1 is 1.31 bits per heavy atom. The highest BCUT2D eigenvalue weighted by atomic mass is 19.4. The lowest BCUT2D eigenvalue weighted by Gasteiger charge is -2.39. The van der Waals surface area contributed by atoms with Crippen LogP contribution in [0.2, 0.25) is 0 Å². The Hall–Kier alpha value is -1.86. The first-order valence-corrected chi connectivity index (χ1v) is 9.20. The van der Waals surface area contributed by atoms with Gasteiger partial charge in [0, 0.05) is 37.8 Å². The van der Waals surface area contributed by atoms with Gasteiger partial charge < -0.3 is 9.80 Å². The van der Waals surface area contributed by atoms with Crippen molar-refractivity contribution in [2.45, 2.75) is 45.7 Å². The van der Waals surface area contributed by atoms with Crippen molar-refractivity contribution in [2.24, 2.45) is 11.3 Å². The van der Waals surface area contributed by atoms with Crippen molar-refractivity contribution in [3.8, 4) is 0 Å². The van der Waals surface area contributed by atoms with Gasteiger partial charge in [-0.3, -0.25) is 4.79 Å². The van der Waals surface area contributed by atoms with E-state index in [2.05, 4.69) is 23.8 Å². The molecule has 0 bridgehead atoms. The number of piperazine rings is 1. The summed E-state index contributed by atoms with van der Waals surface area (Å²) in [6.07, 6.45) is 0.432. The third kappa shape index (κ3) is 3.64. The molecule has 1 aromatic heterocycles. The van der Waals surface area contributed by atoms with Crippen molar-refractivity contribution < 1.29 is 18.0 Å². The fourth-order valence-electron chi connectivity index (χ4n) is 4.16. The van der Waals surface area contributed by atoms with Gasteiger partial charge in [-0.2, -0.15) is 13.2 Å². The molecule has 2 atom stereocenters. The van der Waals surface area contributed by atoms with Crippen LogP contribution in [0.1, 0.15) is 45.2 Å². The van der Waals surface area contributed by atoms with Crippen molar-refractivity contribution in [1.29, 1.82) is 0 Å². The molecule has 2 fully saturated rings. The van der Waals surface area contributed by atoms with Gasteiger partial charge in [0.1, 0.15) is 5.69 Å². The highest BCUT2D eigenvalue weighted by Gasteiger charge is 2.45. The van der Waals surface area contributed by atoms with Gasteiger partial charge in [-0.25, -0.2) is 9.97 Å². The molecule has 1 saturated heterocycles. The maximum absolute atomic E-state index is 13.1. The summed E-state index contributed by atoms with van der Waals surface area (Å²) in [5.74, 6) is 0.847. The molecule has 144 valence electrons. The maximum Gasteiger partial charge on any atom is 0.433 e. The second kappa shape index (κ2) is 7.04. The third-order valence-electron chi connectivity index (χ3n) is 5.77. The van der Waals surface area contributed by atoms with Crippen molar-refractivity contribution in [3.05, 3.63) is 18.0 Å². The van der Waals surface area contributed by atoms with E-state index in [-0.39, 0.29) is 17.3 Å². The SMILES string of the molecule is CC[C@]1(C(=O)N2CCN(c3nccc(C(F)(F)F)n3)CC2)CC[C@@H](C)C1. The summed E-state index contributed by atoms with van der Waals surface area (Å²) in [6.45, 7) is 6.14. The number of halogens is 3. The van der Waals surface area contributed by atoms with Crippen molar-refractivity contribution in [2.75, 3.05) is 31.1 Å². The standard InChI is InChI=1S/C18H25F3N4O/c1-3-17(6-4-13(2)12-17)15(26)24-8-10-25(11-9-24)16-22-7-5-14(23-16)18(19,20)21/h5,7,13H,3-4,6,8-12H2,1-2H3/t13-,17+/m1/s1. The number of nitrogens with zero attached hydrogens (tertiary/aromatic N) is 4. The van der Waals surface area contributed by atoms with E-state index in [1.807, 2.05) is 4.90 Å². The summed E-state index contributed by atoms with van der Waals surface area (Å²) in [5.41, 5.74) is -1.19. The number of hydrogen-bond acceptors (Lipinski definition) is 4. The molecule has 1 aromatic rings. The average Bonchev–Trinajstić information content (AvgIpc) is 3.03. The molecule has 5 nitrogen and oxygen atoms in total. The Labute approximate surface area is 151 Å². The molecule has 0 unspecified atom stereocenters. The number of hydrogen-bond donors (Lipinski definition) is 0. The van der Waals surface area contributed by atoms with Gasteiger partial charge in [-0.05, 0) is 37.7 Å². The molecule has 1 aliphatic carbocycles. The number of carbonyl (C=O) groups is 1. The Morgan fingerprint density at radius 2 is 2.00 bits per heavy atom. The lowest BCUT2D eigenvalue weighted by Crippen LogP contribution is -2.53. The van der Waals surface area contributed by atoms with Crippen LogP contribution < -0.4 is 4.90 Å². The van der Waals surface area contributed by atoms with Gasteiger partial charge in [0.05, 0.1) is 0 Å². The second-order valence-corrected chi connectivity index (χ2v) is 7.50. The molecular weight excluding hydrogens is 345 g/mol. The minimum atomic E-state index is -4.48. The van der Waals surface area contributed by atoms with E-state index >= 15 is 0 Å². The zero-order valence-electron chi connectivity index (χ0n) is 15.2. The molecule has 8 heteroatoms. The fraction of sp³-hybridized carbons (Fsp3) is 0.722. The Bertz CT molecular complexity index is 658. The number of carbonyl (C=O) groups excluding carboxylic acids is 1. The largest absolute Gasteiger partial charge is 0.433 e. The predicted octanol–water partition coefficient (Wildman–Crippen LogP) is 3.36. The van der Waals surface area contributed by atoms with Crippen LogP contribution in [0.4, 0.5) is 19.1 Å². The van der Waals surface area contributed by atoms with Gasteiger partial charge in [0.2, 0.25) is 11.9 Å². The molecular formula is C18H25F3N4O. The van der Waals surface area contributed by atoms with Crippen LogP contribution in [0.25, 0.3) is 0 Å². The number of alkyl halides is 3. The number of anilines is 1. The first-order chi connectivity index (χ1) is 12.2. The maximum atomic E-state index is 13.1. The van der Waals surface area contributed by atoms with Crippen molar-refractivity contribution in [1.82, 2.24) is 14.9 Å². The quantitative estimate of drug-likeness (QED) is 0.819. The molecule has 2 heterocycles. The Balaban J connectivity index is 1.65. The molecule has 1 aliphatic heterocycles. The van der Waals surface area contributed by atoms with Crippen LogP contribution in [-0.4, -0.2) is 47.0 Å². The third-order valence-corrected chi connectivity index (χ3v) is 5.77. The smallest absolute Gasteiger partial charge is 0.339 e. The summed E-state index contributed by atoms with van der Waals surface area (Å²) in [5, 5.41) is 0. The van der Waals surface area contributed by atoms with Crippen LogP contribution in [-0.2, 0) is 11.0 Å². The molecule has 0 N–H and O–H groups in total. The monoisotopic (exact) mass is 370 g/mol. The van der Waals surface area contributed by atoms with Crippen molar-refractivity contribution in [3.63, 3.8) is 0 Å². The van der Waals surface area contributed by atoms with Gasteiger partial charge in [-0.1, -0.05) is 13.8 Å². The molecule has 3 rings (SSSR count). The summed E-state index contributed by atoms with van der Waals surface area (Å²) in [4.78, 5) is 24.3. The van der Waals surface area contributed by atoms with Gasteiger partial charge in [-0.15, -0.1) is 0 Å². The van der Waals surface area contributed by atoms with Crippen LogP contribution >= 0.6 is 0 Å². The molecule has 0 radical (unpaired) electrons. The first-order valence-electron chi connectivity index (χ1n) is 9.20. The normalized spacial score (nSPS) is 27.0. The van der Waals surface area contributed by atoms with Crippen LogP contribution in [0.3, 0.4) is 0 Å². The van der Waals surface area contributed by atoms with E-state index in [1.165, 1.54) is 0 Å². The van der Waals surface area contributed by atoms with Gasteiger partial charge in [0.15, 0.2) is 0 Å². The molecule has 1 amide bonds. The summed E-state index contributed by atoms with van der Waals surface area (Å²) in [7, 11) is 0. The minimum Gasteiger partial charge on any atom is -0.339 e. The predicted molar refractivity (Wildman–Crippen MR) is 91.6 cm³/mol. The number of amides is 1. The van der Waals surface area contributed by atoms with Gasteiger partial charge >= 0.3 is 6.18 Å². The minimum absolute atomic E-state index is 0.0756. The second-order valence-electron chi connectivity index (χ2n) is 7.50. The van der Waals surface area contributed by atoms with E-state index < -0.39 is 11.9 Å². The topological polar surface area (TPSA) is 49.3 Å². The molecule has 1 saturated carbocycles. The van der Waals surface area contributed by atoms with E-state index in [4.69, 9.17) is 0 Å². The number of rotatable bonds is 3. The lowest BCUT2D eigenvalue weighted by molar-refractivity contribution is -0.142. The summed E-state index contributed by atoms with van der Waals surface area (Å²) >= 11 is 0. The fourth-order valence-corrected chi connectivity index (χ4v) is 4.16. The molecule has 0 aromatic carbocycles. The average molecular weight is 370 g/mol. The summed E-state index contributed by atoms with van der Waals surface area (Å²) < 4.78 is 38.5. The number of aromatic nitrogens is 2. The highest BCUT2D eigenvalue weighted by Crippen LogP contribution is 2.45. The molecule has 26 heavy (non-hydrogen) atoms. The van der Waals surface area contributed by atoms with Crippen LogP contribution in [0.5, 0.6) is 0 Å². The van der Waals surface area contributed by atoms with E-state index in [9.17, 15) is 18.0 Å². The van der Waals surface area contributed by atoms with Gasteiger partial charge in [0.25, 0.3) is 0 Å². The zero-order valence-corrected chi connectivity index (χ0v) is 15.2. The molecule has 0 spiro atoms. The zero-order chi connectivity index (χ0) is 18.9. The first kappa shape index (κ1) is 18.9. The summed E-state index contributed by atoms with van der Waals surface area (Å²) in [6, 6.07) is 0.871.